The summed E-state index contributed by atoms with van der Waals surface area (Å²) in [6.07, 6.45) is 3.45. The van der Waals surface area contributed by atoms with Crippen LogP contribution in [0.3, 0.4) is 0 Å². The molecule has 1 saturated carbocycles. The molecule has 2 aliphatic carbocycles. The van der Waals surface area contributed by atoms with Crippen molar-refractivity contribution >= 4 is 5.97 Å². The van der Waals surface area contributed by atoms with E-state index >= 15 is 0 Å². The Kier molecular flexibility index (Phi) is 4.61. The molecule has 3 rings (SSSR count). The Morgan fingerprint density at radius 3 is 2.64 bits per heavy atom. The minimum Gasteiger partial charge on any atom is -0.496 e. The fraction of sp³-hybridized carbons (Fsp3) is 0.667. The molecule has 0 saturated heterocycles. The summed E-state index contributed by atoms with van der Waals surface area (Å²) in [6.45, 7) is 8.85. The van der Waals surface area contributed by atoms with Gasteiger partial charge in [0, 0.05) is 0 Å². The summed E-state index contributed by atoms with van der Waals surface area (Å²) >= 11 is 0. The molecule has 1 N–H and O–H groups in total. The first-order valence-electron chi connectivity index (χ1n) is 9.32. The van der Waals surface area contributed by atoms with Crippen molar-refractivity contribution in [3.8, 4) is 5.75 Å². The number of hydrogen-bond donors (Lipinski definition) is 1. The van der Waals surface area contributed by atoms with Crippen LogP contribution in [0.1, 0.15) is 68.4 Å². The van der Waals surface area contributed by atoms with Gasteiger partial charge in [-0.15, -0.1) is 0 Å². The van der Waals surface area contributed by atoms with E-state index in [1.807, 2.05) is 19.1 Å². The van der Waals surface area contributed by atoms with Crippen LogP contribution in [0.4, 0.5) is 0 Å². The minimum atomic E-state index is -0.325. The molecule has 0 heterocycles. The van der Waals surface area contributed by atoms with Crippen LogP contribution in [-0.2, 0) is 16.6 Å². The van der Waals surface area contributed by atoms with Gasteiger partial charge in [-0.05, 0) is 72.6 Å². The zero-order chi connectivity index (χ0) is 18.4. The SMILES string of the molecule is CCOC(=O)c1cc2c(cc1OC)[C@@]1(C)CC[C@H](O)C(C)(C)[C@@H]1CC2. The standard InChI is InChI=1S/C21H30O4/c1-6-25-19(23)14-11-13-7-8-17-20(2,3)18(22)9-10-21(17,4)15(13)12-16(14)24-5/h11-12,17-18,22H,6-10H2,1-5H3/t17-,18-,21+/m0/s1. The maximum atomic E-state index is 12.3. The molecule has 3 atom stereocenters. The zero-order valence-corrected chi connectivity index (χ0v) is 16.0. The van der Waals surface area contributed by atoms with Crippen molar-refractivity contribution in [2.45, 2.75) is 64.9 Å². The molecule has 0 bridgehead atoms. The summed E-state index contributed by atoms with van der Waals surface area (Å²) in [4.78, 5) is 12.3. The second kappa shape index (κ2) is 6.31. The topological polar surface area (TPSA) is 55.8 Å². The maximum absolute atomic E-state index is 12.3. The van der Waals surface area contributed by atoms with Gasteiger partial charge in [-0.25, -0.2) is 4.79 Å². The van der Waals surface area contributed by atoms with Gasteiger partial charge < -0.3 is 14.6 Å². The van der Waals surface area contributed by atoms with Gasteiger partial charge in [0.2, 0.25) is 0 Å². The highest BCUT2D eigenvalue weighted by atomic mass is 16.5. The van der Waals surface area contributed by atoms with E-state index in [2.05, 4.69) is 20.8 Å². The average Bonchev–Trinajstić information content (AvgIpc) is 2.58. The van der Waals surface area contributed by atoms with Gasteiger partial charge in [0.05, 0.1) is 19.8 Å². The highest BCUT2D eigenvalue weighted by Gasteiger charge is 2.53. The number of benzene rings is 1. The lowest BCUT2D eigenvalue weighted by atomic mass is 9.49. The van der Waals surface area contributed by atoms with Gasteiger partial charge in [0.1, 0.15) is 11.3 Å². The number of hydrogen-bond acceptors (Lipinski definition) is 4. The first kappa shape index (κ1) is 18.2. The third-order valence-corrected chi connectivity index (χ3v) is 6.70. The molecule has 0 spiro atoms. The van der Waals surface area contributed by atoms with Crippen molar-refractivity contribution in [1.29, 1.82) is 0 Å². The number of fused-ring (bicyclic) bond motifs is 3. The molecular formula is C21H30O4. The lowest BCUT2D eigenvalue weighted by Crippen LogP contribution is -2.53. The summed E-state index contributed by atoms with van der Waals surface area (Å²) in [6, 6.07) is 4.01. The number of aliphatic hydroxyl groups excluding tert-OH is 1. The molecule has 0 aromatic heterocycles. The Labute approximate surface area is 150 Å². The van der Waals surface area contributed by atoms with Gasteiger partial charge in [-0.2, -0.15) is 0 Å². The van der Waals surface area contributed by atoms with Crippen LogP contribution < -0.4 is 4.74 Å². The highest BCUT2D eigenvalue weighted by Crippen LogP contribution is 2.57. The Morgan fingerprint density at radius 1 is 1.28 bits per heavy atom. The van der Waals surface area contributed by atoms with Gasteiger partial charge in [-0.1, -0.05) is 20.8 Å². The van der Waals surface area contributed by atoms with Crippen LogP contribution in [0.5, 0.6) is 5.75 Å². The molecule has 1 aromatic carbocycles. The van der Waals surface area contributed by atoms with Crippen LogP contribution in [0.2, 0.25) is 0 Å². The van der Waals surface area contributed by atoms with Crippen molar-refractivity contribution in [3.63, 3.8) is 0 Å². The van der Waals surface area contributed by atoms with Gasteiger partial charge >= 0.3 is 5.97 Å². The van der Waals surface area contributed by atoms with Gasteiger partial charge in [0.15, 0.2) is 0 Å². The molecule has 2 aliphatic rings. The van der Waals surface area contributed by atoms with Crippen LogP contribution >= 0.6 is 0 Å². The molecule has 1 fully saturated rings. The number of methoxy groups -OCH3 is 1. The van der Waals surface area contributed by atoms with E-state index in [9.17, 15) is 9.90 Å². The van der Waals surface area contributed by atoms with Crippen molar-refractivity contribution in [2.75, 3.05) is 13.7 Å². The number of carbonyl (C=O) groups excluding carboxylic acids is 1. The van der Waals surface area contributed by atoms with Crippen molar-refractivity contribution in [1.82, 2.24) is 0 Å². The van der Waals surface area contributed by atoms with Crippen LogP contribution in [0, 0.1) is 11.3 Å². The second-order valence-electron chi connectivity index (χ2n) is 8.31. The number of esters is 1. The molecule has 0 aliphatic heterocycles. The number of aliphatic hydroxyl groups is 1. The predicted octanol–water partition coefficient (Wildman–Crippen LogP) is 3.87. The molecule has 1 aromatic rings. The molecule has 4 nitrogen and oxygen atoms in total. The van der Waals surface area contributed by atoms with E-state index in [4.69, 9.17) is 9.47 Å². The van der Waals surface area contributed by atoms with E-state index in [1.54, 1.807) is 7.11 Å². The van der Waals surface area contributed by atoms with E-state index in [0.717, 1.165) is 25.7 Å². The molecule has 0 amide bonds. The first-order valence-corrected chi connectivity index (χ1v) is 9.32. The lowest BCUT2D eigenvalue weighted by Gasteiger charge is -2.56. The summed E-state index contributed by atoms with van der Waals surface area (Å²) in [5.41, 5.74) is 2.89. The van der Waals surface area contributed by atoms with Crippen molar-refractivity contribution < 1.29 is 19.4 Å². The number of carbonyl (C=O) groups is 1. The molecule has 0 unspecified atom stereocenters. The van der Waals surface area contributed by atoms with E-state index in [-0.39, 0.29) is 22.9 Å². The first-order chi connectivity index (χ1) is 11.8. The smallest absolute Gasteiger partial charge is 0.341 e. The monoisotopic (exact) mass is 346 g/mol. The van der Waals surface area contributed by atoms with Gasteiger partial charge in [0.25, 0.3) is 0 Å². The molecule has 25 heavy (non-hydrogen) atoms. The van der Waals surface area contributed by atoms with Gasteiger partial charge in [-0.3, -0.25) is 0 Å². The Bertz CT molecular complexity index is 679. The largest absolute Gasteiger partial charge is 0.496 e. The zero-order valence-electron chi connectivity index (χ0n) is 16.0. The fourth-order valence-corrected chi connectivity index (χ4v) is 5.25. The lowest BCUT2D eigenvalue weighted by molar-refractivity contribution is -0.0731. The van der Waals surface area contributed by atoms with Crippen molar-refractivity contribution in [3.05, 3.63) is 28.8 Å². The number of rotatable bonds is 3. The fourth-order valence-electron chi connectivity index (χ4n) is 5.25. The maximum Gasteiger partial charge on any atom is 0.341 e. The second-order valence-corrected chi connectivity index (χ2v) is 8.31. The van der Waals surface area contributed by atoms with E-state index in [0.29, 0.717) is 23.8 Å². The third-order valence-electron chi connectivity index (χ3n) is 6.70. The summed E-state index contributed by atoms with van der Waals surface area (Å²) in [5.74, 6) is 0.672. The number of ether oxygens (including phenoxy) is 2. The summed E-state index contributed by atoms with van der Waals surface area (Å²) in [5, 5.41) is 10.5. The van der Waals surface area contributed by atoms with E-state index in [1.165, 1.54) is 11.1 Å². The highest BCUT2D eigenvalue weighted by molar-refractivity contribution is 5.93. The van der Waals surface area contributed by atoms with Crippen LogP contribution in [0.15, 0.2) is 12.1 Å². The Balaban J connectivity index is 2.09. The third kappa shape index (κ3) is 2.75. The van der Waals surface area contributed by atoms with Crippen LogP contribution in [-0.4, -0.2) is 30.9 Å². The molecule has 4 heteroatoms. The van der Waals surface area contributed by atoms with Crippen molar-refractivity contribution in [2.24, 2.45) is 11.3 Å². The Hall–Kier alpha value is -1.55. The Morgan fingerprint density at radius 2 is 2.00 bits per heavy atom. The summed E-state index contributed by atoms with van der Waals surface area (Å²) < 4.78 is 10.7. The van der Waals surface area contributed by atoms with Crippen LogP contribution in [0.25, 0.3) is 0 Å². The predicted molar refractivity (Wildman–Crippen MR) is 97.1 cm³/mol. The quantitative estimate of drug-likeness (QED) is 0.844. The molecular weight excluding hydrogens is 316 g/mol. The normalized spacial score (nSPS) is 30.2. The number of aryl methyl sites for hydroxylation is 1. The molecule has 138 valence electrons. The molecule has 0 radical (unpaired) electrons. The summed E-state index contributed by atoms with van der Waals surface area (Å²) in [7, 11) is 1.60. The average molecular weight is 346 g/mol. The van der Waals surface area contributed by atoms with E-state index < -0.39 is 0 Å². The minimum absolute atomic E-state index is 0.00319.